The molecule has 3 rings (SSSR count). The summed E-state index contributed by atoms with van der Waals surface area (Å²) >= 11 is 3.39. The van der Waals surface area contributed by atoms with Gasteiger partial charge < -0.3 is 10.6 Å². The van der Waals surface area contributed by atoms with E-state index in [1.54, 1.807) is 0 Å². The van der Waals surface area contributed by atoms with Crippen LogP contribution in [0.25, 0.3) is 0 Å². The van der Waals surface area contributed by atoms with E-state index >= 15 is 0 Å². The summed E-state index contributed by atoms with van der Waals surface area (Å²) in [6, 6.07) is 7.83. The summed E-state index contributed by atoms with van der Waals surface area (Å²) < 4.78 is 0.850. The highest BCUT2D eigenvalue weighted by atomic mass is 79.9. The van der Waals surface area contributed by atoms with Crippen LogP contribution in [0.4, 0.5) is 5.69 Å². The topological polar surface area (TPSA) is 58.2 Å². The summed E-state index contributed by atoms with van der Waals surface area (Å²) in [5, 5.41) is 5.81. The average molecular weight is 323 g/mol. The molecule has 0 aliphatic heterocycles. The molecular formula is C14H15BrN2O2. The van der Waals surface area contributed by atoms with Gasteiger partial charge >= 0.3 is 0 Å². The van der Waals surface area contributed by atoms with E-state index < -0.39 is 0 Å². The van der Waals surface area contributed by atoms with Crippen LogP contribution in [-0.4, -0.2) is 17.9 Å². The number of para-hydroxylation sites is 1. The van der Waals surface area contributed by atoms with Gasteiger partial charge in [0.25, 0.3) is 0 Å². The fraction of sp³-hybridized carbons (Fsp3) is 0.429. The zero-order valence-electron chi connectivity index (χ0n) is 10.4. The monoisotopic (exact) mass is 322 g/mol. The number of hydrogen-bond donors (Lipinski definition) is 2. The SMILES string of the molecule is O=C(Nc1ccccc1Br)C1CC1C(=O)NC1CC1. The van der Waals surface area contributed by atoms with Gasteiger partial charge in [0.1, 0.15) is 0 Å². The smallest absolute Gasteiger partial charge is 0.228 e. The van der Waals surface area contributed by atoms with Gasteiger partial charge in [-0.25, -0.2) is 0 Å². The Labute approximate surface area is 120 Å². The van der Waals surface area contributed by atoms with Gasteiger partial charge in [-0.05, 0) is 47.3 Å². The number of halogens is 1. The van der Waals surface area contributed by atoms with Gasteiger partial charge in [0.2, 0.25) is 11.8 Å². The molecule has 2 amide bonds. The molecule has 2 saturated carbocycles. The van der Waals surface area contributed by atoms with E-state index in [9.17, 15) is 9.59 Å². The molecule has 0 bridgehead atoms. The maximum Gasteiger partial charge on any atom is 0.228 e. The molecule has 2 unspecified atom stereocenters. The molecule has 2 aliphatic rings. The second-order valence-electron chi connectivity index (χ2n) is 5.20. The van der Waals surface area contributed by atoms with E-state index in [-0.39, 0.29) is 23.7 Å². The fourth-order valence-electron chi connectivity index (χ4n) is 2.10. The molecule has 2 fully saturated rings. The Morgan fingerprint density at radius 3 is 2.47 bits per heavy atom. The van der Waals surface area contributed by atoms with Gasteiger partial charge in [-0.2, -0.15) is 0 Å². The van der Waals surface area contributed by atoms with Crippen molar-refractivity contribution in [2.24, 2.45) is 11.8 Å². The standard InChI is InChI=1S/C14H15BrN2O2/c15-11-3-1-2-4-12(11)17-14(19)10-7-9(10)13(18)16-8-5-6-8/h1-4,8-10H,5-7H2,(H,16,18)(H,17,19). The molecule has 2 aliphatic carbocycles. The van der Waals surface area contributed by atoms with Crippen molar-refractivity contribution in [2.45, 2.75) is 25.3 Å². The van der Waals surface area contributed by atoms with E-state index in [1.165, 1.54) is 0 Å². The molecule has 1 aromatic rings. The van der Waals surface area contributed by atoms with Gasteiger partial charge in [0.05, 0.1) is 17.5 Å². The predicted molar refractivity (Wildman–Crippen MR) is 75.5 cm³/mol. The first-order valence-electron chi connectivity index (χ1n) is 6.51. The maximum absolute atomic E-state index is 12.0. The lowest BCUT2D eigenvalue weighted by Crippen LogP contribution is -2.29. The summed E-state index contributed by atoms with van der Waals surface area (Å²) in [5.74, 6) is -0.341. The largest absolute Gasteiger partial charge is 0.353 e. The zero-order chi connectivity index (χ0) is 13.4. The highest BCUT2D eigenvalue weighted by Gasteiger charge is 2.48. The number of anilines is 1. The number of carbonyl (C=O) groups is 2. The highest BCUT2D eigenvalue weighted by Crippen LogP contribution is 2.40. The summed E-state index contributed by atoms with van der Waals surface area (Å²) in [6.07, 6.45) is 2.81. The van der Waals surface area contributed by atoms with Crippen LogP contribution in [0.3, 0.4) is 0 Å². The average Bonchev–Trinajstić information content (AvgIpc) is 3.25. The van der Waals surface area contributed by atoms with Crippen LogP contribution in [0.5, 0.6) is 0 Å². The number of rotatable bonds is 4. The fourth-order valence-corrected chi connectivity index (χ4v) is 2.48. The minimum atomic E-state index is -0.175. The van der Waals surface area contributed by atoms with Crippen molar-refractivity contribution in [2.75, 3.05) is 5.32 Å². The number of nitrogens with one attached hydrogen (secondary N) is 2. The third-order valence-corrected chi connectivity index (χ3v) is 4.21. The molecule has 2 atom stereocenters. The van der Waals surface area contributed by atoms with Crippen LogP contribution in [0.15, 0.2) is 28.7 Å². The third kappa shape index (κ3) is 2.97. The molecular weight excluding hydrogens is 308 g/mol. The molecule has 0 heterocycles. The molecule has 5 heteroatoms. The van der Waals surface area contributed by atoms with Crippen molar-refractivity contribution in [3.8, 4) is 0 Å². The Bertz CT molecular complexity index is 528. The summed E-state index contributed by atoms with van der Waals surface area (Å²) in [6.45, 7) is 0. The number of hydrogen-bond acceptors (Lipinski definition) is 2. The maximum atomic E-state index is 12.0. The molecule has 0 saturated heterocycles. The molecule has 4 nitrogen and oxygen atoms in total. The van der Waals surface area contributed by atoms with Crippen molar-refractivity contribution in [1.82, 2.24) is 5.32 Å². The van der Waals surface area contributed by atoms with E-state index in [0.29, 0.717) is 12.5 Å². The Kier molecular flexibility index (Phi) is 3.31. The van der Waals surface area contributed by atoms with Crippen molar-refractivity contribution in [3.05, 3.63) is 28.7 Å². The third-order valence-electron chi connectivity index (χ3n) is 3.52. The first-order chi connectivity index (χ1) is 9.15. The first-order valence-corrected chi connectivity index (χ1v) is 7.30. The number of amides is 2. The molecule has 0 spiro atoms. The minimum Gasteiger partial charge on any atom is -0.353 e. The molecule has 100 valence electrons. The van der Waals surface area contributed by atoms with Crippen LogP contribution in [0, 0.1) is 11.8 Å². The minimum absolute atomic E-state index is 0.0368. The summed E-state index contributed by atoms with van der Waals surface area (Å²) in [5.41, 5.74) is 0.751. The second-order valence-corrected chi connectivity index (χ2v) is 6.05. The van der Waals surface area contributed by atoms with Crippen LogP contribution in [0.2, 0.25) is 0 Å². The van der Waals surface area contributed by atoms with Gasteiger partial charge in [-0.15, -0.1) is 0 Å². The number of benzene rings is 1. The van der Waals surface area contributed by atoms with Crippen LogP contribution >= 0.6 is 15.9 Å². The van der Waals surface area contributed by atoms with E-state index in [4.69, 9.17) is 0 Å². The number of carbonyl (C=O) groups excluding carboxylic acids is 2. The summed E-state index contributed by atoms with van der Waals surface area (Å²) in [7, 11) is 0. The van der Waals surface area contributed by atoms with Crippen molar-refractivity contribution < 1.29 is 9.59 Å². The molecule has 0 radical (unpaired) electrons. The van der Waals surface area contributed by atoms with Gasteiger partial charge in [0.15, 0.2) is 0 Å². The zero-order valence-corrected chi connectivity index (χ0v) is 11.9. The second kappa shape index (κ2) is 4.96. The summed E-state index contributed by atoms with van der Waals surface area (Å²) in [4.78, 5) is 23.8. The van der Waals surface area contributed by atoms with E-state index in [2.05, 4.69) is 26.6 Å². The van der Waals surface area contributed by atoms with Crippen LogP contribution in [0.1, 0.15) is 19.3 Å². The Morgan fingerprint density at radius 2 is 1.79 bits per heavy atom. The lowest BCUT2D eigenvalue weighted by molar-refractivity contribution is -0.125. The first kappa shape index (κ1) is 12.7. The van der Waals surface area contributed by atoms with E-state index in [0.717, 1.165) is 23.0 Å². The van der Waals surface area contributed by atoms with Crippen molar-refractivity contribution in [3.63, 3.8) is 0 Å². The van der Waals surface area contributed by atoms with E-state index in [1.807, 2.05) is 24.3 Å². The molecule has 0 aromatic heterocycles. The molecule has 19 heavy (non-hydrogen) atoms. The predicted octanol–water partition coefficient (Wildman–Crippen LogP) is 2.30. The lowest BCUT2D eigenvalue weighted by atomic mass is 10.2. The molecule has 2 N–H and O–H groups in total. The highest BCUT2D eigenvalue weighted by molar-refractivity contribution is 9.10. The van der Waals surface area contributed by atoms with Crippen LogP contribution in [-0.2, 0) is 9.59 Å². The lowest BCUT2D eigenvalue weighted by Gasteiger charge is -2.07. The molecule has 1 aromatic carbocycles. The quantitative estimate of drug-likeness (QED) is 0.893. The normalized spacial score (nSPS) is 24.7. The van der Waals surface area contributed by atoms with Crippen LogP contribution < -0.4 is 10.6 Å². The van der Waals surface area contributed by atoms with Gasteiger partial charge in [-0.3, -0.25) is 9.59 Å². The Morgan fingerprint density at radius 1 is 1.11 bits per heavy atom. The van der Waals surface area contributed by atoms with Crippen molar-refractivity contribution >= 4 is 33.4 Å². The Balaban J connectivity index is 1.54. The van der Waals surface area contributed by atoms with Gasteiger partial charge in [0, 0.05) is 10.5 Å². The van der Waals surface area contributed by atoms with Crippen molar-refractivity contribution in [1.29, 1.82) is 0 Å². The van der Waals surface area contributed by atoms with Gasteiger partial charge in [-0.1, -0.05) is 12.1 Å². The Hall–Kier alpha value is -1.36.